The first-order chi connectivity index (χ1) is 13.3. The number of nitrogens with zero attached hydrogens (tertiary/aromatic N) is 1. The fourth-order valence-electron chi connectivity index (χ4n) is 4.34. The Balaban J connectivity index is 1.41. The van der Waals surface area contributed by atoms with Gasteiger partial charge in [0.2, 0.25) is 0 Å². The van der Waals surface area contributed by atoms with E-state index in [-0.39, 0.29) is 5.60 Å². The maximum Gasteiger partial charge on any atom is 0.126 e. The summed E-state index contributed by atoms with van der Waals surface area (Å²) in [5.74, 6) is 0.758. The first kappa shape index (κ1) is 19.7. The number of ether oxygens (including phenoxy) is 1. The lowest BCUT2D eigenvalue weighted by Crippen LogP contribution is -2.51. The highest BCUT2D eigenvalue weighted by Gasteiger charge is 2.43. The highest BCUT2D eigenvalue weighted by atomic mass is 35.5. The van der Waals surface area contributed by atoms with E-state index in [9.17, 15) is 10.2 Å². The lowest BCUT2D eigenvalue weighted by molar-refractivity contribution is -0.0588. The SMILES string of the molecule is Cc1ccc([C@H](O)CN2CCC3(CC2)C[C@H](O)c2cc(Cl)c(C)cc2O3)cc1. The van der Waals surface area contributed by atoms with Gasteiger partial charge in [-0.25, -0.2) is 0 Å². The predicted octanol–water partition coefficient (Wildman–Crippen LogP) is 4.34. The Labute approximate surface area is 171 Å². The molecule has 2 atom stereocenters. The van der Waals surface area contributed by atoms with Gasteiger partial charge in [0.25, 0.3) is 0 Å². The van der Waals surface area contributed by atoms with Crippen molar-refractivity contribution in [2.45, 2.75) is 50.9 Å². The number of benzene rings is 2. The number of halogens is 1. The van der Waals surface area contributed by atoms with Gasteiger partial charge >= 0.3 is 0 Å². The van der Waals surface area contributed by atoms with E-state index in [0.717, 1.165) is 48.4 Å². The van der Waals surface area contributed by atoms with E-state index < -0.39 is 12.2 Å². The van der Waals surface area contributed by atoms with Crippen LogP contribution < -0.4 is 4.74 Å². The second kappa shape index (κ2) is 7.68. The van der Waals surface area contributed by atoms with Gasteiger partial charge in [-0.3, -0.25) is 0 Å². The third kappa shape index (κ3) is 3.92. The molecule has 0 aliphatic carbocycles. The molecule has 2 aromatic carbocycles. The summed E-state index contributed by atoms with van der Waals surface area (Å²) in [5, 5.41) is 21.9. The Bertz CT molecular complexity index is 844. The van der Waals surface area contributed by atoms with E-state index in [4.69, 9.17) is 16.3 Å². The number of aryl methyl sites for hydroxylation is 2. The molecule has 0 radical (unpaired) electrons. The molecule has 2 aliphatic rings. The molecule has 0 aromatic heterocycles. The van der Waals surface area contributed by atoms with Crippen molar-refractivity contribution in [2.24, 2.45) is 0 Å². The molecule has 4 rings (SSSR count). The van der Waals surface area contributed by atoms with Crippen LogP contribution in [0.5, 0.6) is 5.75 Å². The molecular weight excluding hydrogens is 374 g/mol. The van der Waals surface area contributed by atoms with Crippen LogP contribution in [0, 0.1) is 13.8 Å². The van der Waals surface area contributed by atoms with Crippen molar-refractivity contribution in [1.82, 2.24) is 4.90 Å². The molecule has 0 unspecified atom stereocenters. The molecule has 1 spiro atoms. The summed E-state index contributed by atoms with van der Waals surface area (Å²) in [6.07, 6.45) is 1.23. The van der Waals surface area contributed by atoms with E-state index in [1.807, 2.05) is 50.2 Å². The molecule has 28 heavy (non-hydrogen) atoms. The van der Waals surface area contributed by atoms with Crippen LogP contribution in [-0.4, -0.2) is 40.3 Å². The van der Waals surface area contributed by atoms with Gasteiger partial charge in [-0.2, -0.15) is 0 Å². The number of piperidine rings is 1. The van der Waals surface area contributed by atoms with Crippen LogP contribution in [0.15, 0.2) is 36.4 Å². The number of aliphatic hydroxyl groups is 2. The average molecular weight is 402 g/mol. The number of likely N-dealkylation sites (tertiary alicyclic amines) is 1. The largest absolute Gasteiger partial charge is 0.487 e. The molecule has 0 amide bonds. The van der Waals surface area contributed by atoms with E-state index >= 15 is 0 Å². The number of aliphatic hydroxyl groups excluding tert-OH is 2. The van der Waals surface area contributed by atoms with Crippen molar-refractivity contribution in [1.29, 1.82) is 0 Å². The summed E-state index contributed by atoms with van der Waals surface area (Å²) in [4.78, 5) is 2.29. The van der Waals surface area contributed by atoms with Crippen LogP contribution in [-0.2, 0) is 0 Å². The summed E-state index contributed by atoms with van der Waals surface area (Å²) < 4.78 is 6.41. The summed E-state index contributed by atoms with van der Waals surface area (Å²) in [6, 6.07) is 11.8. The van der Waals surface area contributed by atoms with E-state index in [1.54, 1.807) is 0 Å². The zero-order valence-electron chi connectivity index (χ0n) is 16.5. The minimum atomic E-state index is -0.549. The van der Waals surface area contributed by atoms with Gasteiger partial charge in [-0.05, 0) is 49.9 Å². The number of hydrogen-bond acceptors (Lipinski definition) is 4. The smallest absolute Gasteiger partial charge is 0.126 e. The third-order valence-corrected chi connectivity index (χ3v) is 6.61. The molecule has 2 aliphatic heterocycles. The van der Waals surface area contributed by atoms with Crippen molar-refractivity contribution < 1.29 is 14.9 Å². The van der Waals surface area contributed by atoms with Gasteiger partial charge < -0.3 is 19.8 Å². The molecular formula is C23H28ClNO3. The highest BCUT2D eigenvalue weighted by Crippen LogP contribution is 2.45. The predicted molar refractivity (Wildman–Crippen MR) is 111 cm³/mol. The summed E-state index contributed by atoms with van der Waals surface area (Å²) in [6.45, 7) is 6.31. The minimum Gasteiger partial charge on any atom is -0.487 e. The normalized spacial score (nSPS) is 22.5. The topological polar surface area (TPSA) is 52.9 Å². The molecule has 2 heterocycles. The van der Waals surface area contributed by atoms with Crippen molar-refractivity contribution in [3.05, 3.63) is 63.7 Å². The van der Waals surface area contributed by atoms with Crippen LogP contribution in [0.1, 0.15) is 53.7 Å². The van der Waals surface area contributed by atoms with Crippen LogP contribution in [0.2, 0.25) is 5.02 Å². The minimum absolute atomic E-state index is 0.335. The quantitative estimate of drug-likeness (QED) is 0.803. The van der Waals surface area contributed by atoms with Crippen molar-refractivity contribution in [3.8, 4) is 5.75 Å². The van der Waals surface area contributed by atoms with Crippen molar-refractivity contribution in [3.63, 3.8) is 0 Å². The summed E-state index contributed by atoms with van der Waals surface area (Å²) in [7, 11) is 0. The van der Waals surface area contributed by atoms with E-state index in [1.165, 1.54) is 5.56 Å². The molecule has 2 N–H and O–H groups in total. The summed E-state index contributed by atoms with van der Waals surface area (Å²) in [5.41, 5.74) is 3.57. The number of β-amino-alcohol motifs (C(OH)–C–C–N with tert-alkyl or cyclic N) is 1. The molecule has 1 saturated heterocycles. The molecule has 4 nitrogen and oxygen atoms in total. The Kier molecular flexibility index (Phi) is 5.41. The Morgan fingerprint density at radius 3 is 2.54 bits per heavy atom. The van der Waals surface area contributed by atoms with Gasteiger partial charge in [0.05, 0.1) is 12.2 Å². The second-order valence-electron chi connectivity index (χ2n) is 8.37. The van der Waals surface area contributed by atoms with Gasteiger partial charge in [0.15, 0.2) is 0 Å². The Morgan fingerprint density at radius 1 is 1.18 bits per heavy atom. The fraction of sp³-hybridized carbons (Fsp3) is 0.478. The maximum atomic E-state index is 10.7. The molecule has 150 valence electrons. The van der Waals surface area contributed by atoms with Crippen LogP contribution in [0.25, 0.3) is 0 Å². The molecule has 0 bridgehead atoms. The van der Waals surface area contributed by atoms with E-state index in [2.05, 4.69) is 4.90 Å². The number of fused-ring (bicyclic) bond motifs is 1. The Hall–Kier alpha value is -1.59. The fourth-order valence-corrected chi connectivity index (χ4v) is 4.52. The van der Waals surface area contributed by atoms with E-state index in [0.29, 0.717) is 18.0 Å². The average Bonchev–Trinajstić information content (AvgIpc) is 2.66. The Morgan fingerprint density at radius 2 is 1.86 bits per heavy atom. The van der Waals surface area contributed by atoms with Crippen molar-refractivity contribution in [2.75, 3.05) is 19.6 Å². The van der Waals surface area contributed by atoms with Crippen LogP contribution in [0.3, 0.4) is 0 Å². The molecule has 2 aromatic rings. The standard InChI is InChI=1S/C23H28ClNO3/c1-15-3-5-17(6-4-15)21(27)14-25-9-7-23(8-10-25)13-20(26)18-12-19(24)16(2)11-22(18)28-23/h3-6,11-12,20-21,26-27H,7-10,13-14H2,1-2H3/t20-,21+/m0/s1. The van der Waals surface area contributed by atoms with Gasteiger partial charge in [0.1, 0.15) is 11.4 Å². The molecule has 0 saturated carbocycles. The van der Waals surface area contributed by atoms with Gasteiger partial charge in [-0.15, -0.1) is 0 Å². The second-order valence-corrected chi connectivity index (χ2v) is 8.78. The van der Waals surface area contributed by atoms with Crippen LogP contribution >= 0.6 is 11.6 Å². The molecule has 5 heteroatoms. The maximum absolute atomic E-state index is 10.7. The third-order valence-electron chi connectivity index (χ3n) is 6.20. The first-order valence-electron chi connectivity index (χ1n) is 9.99. The monoisotopic (exact) mass is 401 g/mol. The van der Waals surface area contributed by atoms with Gasteiger partial charge in [-0.1, -0.05) is 41.4 Å². The van der Waals surface area contributed by atoms with Crippen LogP contribution in [0.4, 0.5) is 0 Å². The summed E-state index contributed by atoms with van der Waals surface area (Å²) >= 11 is 6.22. The lowest BCUT2D eigenvalue weighted by atomic mass is 9.81. The number of hydrogen-bond donors (Lipinski definition) is 2. The highest BCUT2D eigenvalue weighted by molar-refractivity contribution is 6.31. The molecule has 1 fully saturated rings. The lowest BCUT2D eigenvalue weighted by Gasteiger charge is -2.46. The first-order valence-corrected chi connectivity index (χ1v) is 10.4. The number of rotatable bonds is 3. The zero-order chi connectivity index (χ0) is 19.9. The van der Waals surface area contributed by atoms with Gasteiger partial charge in [0, 0.05) is 36.6 Å². The van der Waals surface area contributed by atoms with Crippen molar-refractivity contribution >= 4 is 11.6 Å². The zero-order valence-corrected chi connectivity index (χ0v) is 17.2.